The lowest BCUT2D eigenvalue weighted by molar-refractivity contribution is 0.0698. The third-order valence-corrected chi connectivity index (χ3v) is 3.10. The number of aromatic nitrogens is 2. The lowest BCUT2D eigenvalue weighted by Crippen LogP contribution is -2.08. The number of aromatic carboxylic acids is 1. The maximum atomic E-state index is 12.8. The van der Waals surface area contributed by atoms with Crippen LogP contribution in [-0.4, -0.2) is 20.9 Å². The Morgan fingerprint density at radius 2 is 2.33 bits per heavy atom. The van der Waals surface area contributed by atoms with E-state index in [0.29, 0.717) is 12.4 Å². The SMILES string of the molecule is Cl.Cn1ncc(C(=O)O)c1NCc1ccc(F)s1. The smallest absolute Gasteiger partial charge is 0.341 e. The maximum Gasteiger partial charge on any atom is 0.341 e. The van der Waals surface area contributed by atoms with E-state index in [2.05, 4.69) is 10.4 Å². The fourth-order valence-corrected chi connectivity index (χ4v) is 2.09. The molecule has 2 aromatic rings. The van der Waals surface area contributed by atoms with Gasteiger partial charge in [-0.25, -0.2) is 4.79 Å². The molecule has 0 unspecified atom stereocenters. The van der Waals surface area contributed by atoms with Crippen LogP contribution in [-0.2, 0) is 13.6 Å². The van der Waals surface area contributed by atoms with Crippen molar-refractivity contribution in [1.82, 2.24) is 9.78 Å². The fourth-order valence-electron chi connectivity index (χ4n) is 1.42. The minimum absolute atomic E-state index is 0. The Balaban J connectivity index is 0.00000162. The number of thiophene rings is 1. The van der Waals surface area contributed by atoms with E-state index in [1.807, 2.05) is 0 Å². The first-order chi connectivity index (χ1) is 8.08. The molecule has 0 amide bonds. The number of carboxylic acids is 1. The van der Waals surface area contributed by atoms with Gasteiger partial charge in [-0.05, 0) is 12.1 Å². The van der Waals surface area contributed by atoms with Crippen LogP contribution in [0.25, 0.3) is 0 Å². The molecule has 0 fully saturated rings. The van der Waals surface area contributed by atoms with E-state index >= 15 is 0 Å². The normalized spacial score (nSPS) is 9.89. The number of anilines is 1. The van der Waals surface area contributed by atoms with Gasteiger partial charge < -0.3 is 10.4 Å². The topological polar surface area (TPSA) is 67.2 Å². The van der Waals surface area contributed by atoms with Gasteiger partial charge in [-0.1, -0.05) is 0 Å². The highest BCUT2D eigenvalue weighted by atomic mass is 35.5. The van der Waals surface area contributed by atoms with E-state index in [1.54, 1.807) is 13.1 Å². The van der Waals surface area contributed by atoms with Crippen molar-refractivity contribution in [2.75, 3.05) is 5.32 Å². The monoisotopic (exact) mass is 291 g/mol. The number of hydrogen-bond acceptors (Lipinski definition) is 4. The molecule has 0 saturated heterocycles. The van der Waals surface area contributed by atoms with Crippen molar-refractivity contribution in [1.29, 1.82) is 0 Å². The number of halogens is 2. The molecule has 0 atom stereocenters. The zero-order valence-corrected chi connectivity index (χ0v) is 11.0. The summed E-state index contributed by atoms with van der Waals surface area (Å²) in [5, 5.41) is 15.5. The Hall–Kier alpha value is -1.60. The summed E-state index contributed by atoms with van der Waals surface area (Å²) in [6.07, 6.45) is 1.28. The van der Waals surface area contributed by atoms with Crippen LogP contribution >= 0.6 is 23.7 Å². The number of aryl methyl sites for hydroxylation is 1. The highest BCUT2D eigenvalue weighted by Crippen LogP contribution is 2.18. The van der Waals surface area contributed by atoms with E-state index in [1.165, 1.54) is 16.9 Å². The van der Waals surface area contributed by atoms with Crippen molar-refractivity contribution in [3.8, 4) is 0 Å². The average Bonchev–Trinajstić information content (AvgIpc) is 2.82. The summed E-state index contributed by atoms with van der Waals surface area (Å²) in [5.41, 5.74) is 0.101. The van der Waals surface area contributed by atoms with Crippen LogP contribution in [0.5, 0.6) is 0 Å². The van der Waals surface area contributed by atoms with Crippen LogP contribution in [0.2, 0.25) is 0 Å². The van der Waals surface area contributed by atoms with Gasteiger partial charge >= 0.3 is 5.97 Å². The van der Waals surface area contributed by atoms with Crippen LogP contribution in [0.15, 0.2) is 18.3 Å². The van der Waals surface area contributed by atoms with Crippen molar-refractivity contribution in [2.24, 2.45) is 7.05 Å². The Morgan fingerprint density at radius 1 is 1.61 bits per heavy atom. The third kappa shape index (κ3) is 2.99. The maximum absolute atomic E-state index is 12.8. The predicted octanol–water partition coefficient (Wildman–Crippen LogP) is 2.35. The lowest BCUT2D eigenvalue weighted by atomic mass is 10.3. The quantitative estimate of drug-likeness (QED) is 0.907. The van der Waals surface area contributed by atoms with Crippen molar-refractivity contribution in [2.45, 2.75) is 6.54 Å². The zero-order valence-electron chi connectivity index (χ0n) is 9.38. The van der Waals surface area contributed by atoms with Crippen LogP contribution < -0.4 is 5.32 Å². The van der Waals surface area contributed by atoms with Gasteiger partial charge in [0.15, 0.2) is 5.13 Å². The molecule has 0 aliphatic rings. The molecule has 0 aromatic carbocycles. The number of carbonyl (C=O) groups is 1. The molecule has 2 aromatic heterocycles. The van der Waals surface area contributed by atoms with E-state index in [4.69, 9.17) is 5.11 Å². The minimum atomic E-state index is -1.04. The summed E-state index contributed by atoms with van der Waals surface area (Å²) in [6, 6.07) is 3.03. The predicted molar refractivity (Wildman–Crippen MR) is 69.0 cm³/mol. The van der Waals surface area contributed by atoms with Gasteiger partial charge in [0, 0.05) is 11.9 Å². The molecule has 2 N–H and O–H groups in total. The summed E-state index contributed by atoms with van der Waals surface area (Å²) in [6.45, 7) is 0.369. The Labute approximate surface area is 113 Å². The molecular formula is C10H11ClFN3O2S. The van der Waals surface area contributed by atoms with Gasteiger partial charge in [0.1, 0.15) is 11.4 Å². The van der Waals surface area contributed by atoms with Gasteiger partial charge in [0.25, 0.3) is 0 Å². The highest BCUT2D eigenvalue weighted by molar-refractivity contribution is 7.10. The van der Waals surface area contributed by atoms with Crippen molar-refractivity contribution >= 4 is 35.5 Å². The molecule has 2 rings (SSSR count). The molecular weight excluding hydrogens is 281 g/mol. The molecule has 0 bridgehead atoms. The molecule has 0 radical (unpaired) electrons. The molecule has 5 nitrogen and oxygen atoms in total. The van der Waals surface area contributed by atoms with E-state index in [-0.39, 0.29) is 23.1 Å². The molecule has 98 valence electrons. The molecule has 2 heterocycles. The highest BCUT2D eigenvalue weighted by Gasteiger charge is 2.14. The van der Waals surface area contributed by atoms with Crippen LogP contribution in [0.3, 0.4) is 0 Å². The van der Waals surface area contributed by atoms with Crippen molar-refractivity contribution in [3.63, 3.8) is 0 Å². The number of hydrogen-bond donors (Lipinski definition) is 2. The molecule has 0 saturated carbocycles. The van der Waals surface area contributed by atoms with Crippen LogP contribution in [0.1, 0.15) is 15.2 Å². The Morgan fingerprint density at radius 3 is 2.89 bits per heavy atom. The largest absolute Gasteiger partial charge is 0.477 e. The summed E-state index contributed by atoms with van der Waals surface area (Å²) >= 11 is 1.02. The van der Waals surface area contributed by atoms with Gasteiger partial charge in [-0.2, -0.15) is 9.49 Å². The standard InChI is InChI=1S/C10H10FN3O2S.ClH/c1-14-9(7(5-13-14)10(15)16)12-4-6-2-3-8(11)17-6;/h2-3,5,12H,4H2,1H3,(H,15,16);1H. The second-order valence-corrected chi connectivity index (χ2v) is 4.51. The van der Waals surface area contributed by atoms with E-state index < -0.39 is 5.97 Å². The minimum Gasteiger partial charge on any atom is -0.477 e. The number of nitrogens with zero attached hydrogens (tertiary/aromatic N) is 2. The molecule has 0 aliphatic heterocycles. The van der Waals surface area contributed by atoms with Crippen molar-refractivity contribution < 1.29 is 14.3 Å². The molecule has 0 aliphatic carbocycles. The fraction of sp³-hybridized carbons (Fsp3) is 0.200. The summed E-state index contributed by atoms with van der Waals surface area (Å²) in [7, 11) is 1.64. The first-order valence-electron chi connectivity index (χ1n) is 4.81. The van der Waals surface area contributed by atoms with Crippen molar-refractivity contribution in [3.05, 3.63) is 33.9 Å². The van der Waals surface area contributed by atoms with E-state index in [9.17, 15) is 9.18 Å². The second-order valence-electron chi connectivity index (χ2n) is 3.39. The van der Waals surface area contributed by atoms with E-state index in [0.717, 1.165) is 16.2 Å². The number of nitrogens with one attached hydrogen (secondary N) is 1. The van der Waals surface area contributed by atoms with Gasteiger partial charge in [0.2, 0.25) is 0 Å². The molecule has 18 heavy (non-hydrogen) atoms. The summed E-state index contributed by atoms with van der Waals surface area (Å²) in [4.78, 5) is 11.7. The number of carboxylic acid groups (broad SMARTS) is 1. The zero-order chi connectivity index (χ0) is 12.4. The Kier molecular flexibility index (Phi) is 4.69. The molecule has 0 spiro atoms. The summed E-state index contributed by atoms with van der Waals surface area (Å²) < 4.78 is 14.2. The van der Waals surface area contributed by atoms with Gasteiger partial charge in [-0.3, -0.25) is 4.68 Å². The van der Waals surface area contributed by atoms with Crippen LogP contribution in [0.4, 0.5) is 10.2 Å². The lowest BCUT2D eigenvalue weighted by Gasteiger charge is -2.06. The molecule has 8 heteroatoms. The first kappa shape index (κ1) is 14.5. The third-order valence-electron chi connectivity index (χ3n) is 2.23. The van der Waals surface area contributed by atoms with Crippen LogP contribution in [0, 0.1) is 5.13 Å². The number of rotatable bonds is 4. The Bertz CT molecular complexity index is 555. The summed E-state index contributed by atoms with van der Waals surface area (Å²) in [5.74, 6) is -0.635. The van der Waals surface area contributed by atoms with Gasteiger partial charge in [0.05, 0.1) is 12.7 Å². The average molecular weight is 292 g/mol. The van der Waals surface area contributed by atoms with Gasteiger partial charge in [-0.15, -0.1) is 23.7 Å². The first-order valence-corrected chi connectivity index (χ1v) is 5.63. The second kappa shape index (κ2) is 5.83.